The van der Waals surface area contributed by atoms with Gasteiger partial charge in [-0.25, -0.2) is 0 Å². The molecule has 0 atom stereocenters. The van der Waals surface area contributed by atoms with E-state index in [0.717, 1.165) is 9.75 Å². The summed E-state index contributed by atoms with van der Waals surface area (Å²) in [5, 5.41) is 3.81. The van der Waals surface area contributed by atoms with Crippen LogP contribution in [0.2, 0.25) is 0 Å². The van der Waals surface area contributed by atoms with Crippen LogP contribution in [0.5, 0.6) is 0 Å². The summed E-state index contributed by atoms with van der Waals surface area (Å²) in [4.78, 5) is 36.4. The van der Waals surface area contributed by atoms with E-state index >= 15 is 0 Å². The van der Waals surface area contributed by atoms with Gasteiger partial charge in [-0.3, -0.25) is 14.4 Å². The number of Topliss-reactive ketones (excluding diaryl/α,β-unsaturated/α-hetero) is 1. The van der Waals surface area contributed by atoms with Gasteiger partial charge in [-0.2, -0.15) is 13.2 Å². The maximum absolute atomic E-state index is 12.0. The Bertz CT molecular complexity index is 597. The maximum Gasteiger partial charge on any atom is 0.405 e. The highest BCUT2D eigenvalue weighted by Crippen LogP contribution is 2.22. The molecule has 1 rings (SSSR count). The van der Waals surface area contributed by atoms with Gasteiger partial charge in [-0.05, 0) is 19.9 Å². The van der Waals surface area contributed by atoms with Gasteiger partial charge in [0.05, 0.1) is 6.54 Å². The summed E-state index contributed by atoms with van der Waals surface area (Å²) in [5.41, 5.74) is 0.572. The Labute approximate surface area is 135 Å². The maximum atomic E-state index is 12.0. The van der Waals surface area contributed by atoms with Crippen molar-refractivity contribution in [2.75, 3.05) is 13.1 Å². The van der Waals surface area contributed by atoms with Crippen LogP contribution >= 0.6 is 11.3 Å². The number of hydrogen-bond acceptors (Lipinski definition) is 4. The molecule has 0 unspecified atom stereocenters. The van der Waals surface area contributed by atoms with Crippen molar-refractivity contribution in [3.8, 4) is 0 Å². The molecule has 0 aromatic carbocycles. The molecule has 2 amide bonds. The minimum absolute atomic E-state index is 0.0208. The van der Waals surface area contributed by atoms with Crippen molar-refractivity contribution in [3.63, 3.8) is 0 Å². The number of rotatable bonds is 7. The lowest BCUT2D eigenvalue weighted by Crippen LogP contribution is -2.40. The van der Waals surface area contributed by atoms with Gasteiger partial charge in [0.25, 0.3) is 0 Å². The fourth-order valence-corrected chi connectivity index (χ4v) is 2.74. The monoisotopic (exact) mass is 350 g/mol. The van der Waals surface area contributed by atoms with E-state index in [1.54, 1.807) is 11.4 Å². The van der Waals surface area contributed by atoms with Gasteiger partial charge in [-0.15, -0.1) is 11.3 Å². The molecule has 0 radical (unpaired) electrons. The van der Waals surface area contributed by atoms with Crippen LogP contribution in [0.4, 0.5) is 13.2 Å². The van der Waals surface area contributed by atoms with E-state index in [-0.39, 0.29) is 18.6 Å². The molecule has 0 aliphatic heterocycles. The number of ketones is 1. The lowest BCUT2D eigenvalue weighted by molar-refractivity contribution is -0.138. The van der Waals surface area contributed by atoms with Crippen LogP contribution in [0.25, 0.3) is 0 Å². The topological polar surface area (TPSA) is 75.3 Å². The molecule has 0 saturated heterocycles. The van der Waals surface area contributed by atoms with Crippen LogP contribution in [0, 0.1) is 13.8 Å². The Morgan fingerprint density at radius 3 is 2.26 bits per heavy atom. The molecule has 0 spiro atoms. The predicted octanol–water partition coefficient (Wildman–Crippen LogP) is 2.12. The van der Waals surface area contributed by atoms with E-state index in [4.69, 9.17) is 0 Å². The number of aryl methyl sites for hydroxylation is 2. The Hall–Kier alpha value is -1.90. The van der Waals surface area contributed by atoms with E-state index in [1.807, 2.05) is 13.8 Å². The average molecular weight is 350 g/mol. The third-order valence-corrected chi connectivity index (χ3v) is 3.82. The molecular weight excluding hydrogens is 333 g/mol. The minimum Gasteiger partial charge on any atom is -0.347 e. The largest absolute Gasteiger partial charge is 0.405 e. The number of carbonyl (C=O) groups is 3. The molecule has 5 nitrogen and oxygen atoms in total. The van der Waals surface area contributed by atoms with Crippen molar-refractivity contribution in [3.05, 3.63) is 21.4 Å². The molecule has 0 aliphatic carbocycles. The number of alkyl halides is 3. The highest BCUT2D eigenvalue weighted by Gasteiger charge is 2.27. The summed E-state index contributed by atoms with van der Waals surface area (Å²) < 4.78 is 35.6. The summed E-state index contributed by atoms with van der Waals surface area (Å²) >= 11 is 1.49. The molecule has 23 heavy (non-hydrogen) atoms. The normalized spacial score (nSPS) is 11.2. The van der Waals surface area contributed by atoms with Crippen LogP contribution in [0.1, 0.15) is 33.0 Å². The lowest BCUT2D eigenvalue weighted by Gasteiger charge is -2.09. The second-order valence-electron chi connectivity index (χ2n) is 4.92. The van der Waals surface area contributed by atoms with Crippen molar-refractivity contribution in [1.29, 1.82) is 0 Å². The third-order valence-electron chi connectivity index (χ3n) is 2.85. The lowest BCUT2D eigenvalue weighted by atomic mass is 10.1. The summed E-state index contributed by atoms with van der Waals surface area (Å²) in [7, 11) is 0. The fraction of sp³-hybridized carbons (Fsp3) is 0.500. The van der Waals surface area contributed by atoms with Crippen molar-refractivity contribution < 1.29 is 27.6 Å². The second-order valence-corrected chi connectivity index (χ2v) is 6.38. The van der Waals surface area contributed by atoms with Gasteiger partial charge in [0, 0.05) is 28.2 Å². The Morgan fingerprint density at radius 2 is 1.74 bits per heavy atom. The summed E-state index contributed by atoms with van der Waals surface area (Å²) in [6, 6.07) is 1.75. The van der Waals surface area contributed by atoms with E-state index < -0.39 is 31.1 Å². The predicted molar refractivity (Wildman–Crippen MR) is 79.4 cm³/mol. The van der Waals surface area contributed by atoms with Gasteiger partial charge in [0.15, 0.2) is 5.78 Å². The van der Waals surface area contributed by atoms with E-state index in [0.29, 0.717) is 5.56 Å². The van der Waals surface area contributed by atoms with Crippen LogP contribution in [-0.2, 0) is 9.59 Å². The smallest absolute Gasteiger partial charge is 0.347 e. The SMILES string of the molecule is Cc1cc(C(=O)CCC(=O)NCC(=O)NCC(F)(F)F)c(C)s1. The molecule has 0 bridgehead atoms. The molecular formula is C14H17F3N2O3S. The van der Waals surface area contributed by atoms with Crippen LogP contribution in [0.3, 0.4) is 0 Å². The Kier molecular flexibility index (Phi) is 6.74. The van der Waals surface area contributed by atoms with E-state index in [2.05, 4.69) is 5.32 Å². The zero-order chi connectivity index (χ0) is 17.6. The van der Waals surface area contributed by atoms with E-state index in [1.165, 1.54) is 11.3 Å². The fourth-order valence-electron chi connectivity index (χ4n) is 1.80. The summed E-state index contributed by atoms with van der Waals surface area (Å²) in [6.45, 7) is 1.69. The molecule has 2 N–H and O–H groups in total. The Balaban J connectivity index is 2.30. The van der Waals surface area contributed by atoms with E-state index in [9.17, 15) is 27.6 Å². The standard InChI is InChI=1S/C14H17F3N2O3S/c1-8-5-10(9(2)23-8)11(20)3-4-12(21)18-6-13(22)19-7-14(15,16)17/h5H,3-4,6-7H2,1-2H3,(H,18,21)(H,19,22). The first-order valence-corrected chi connectivity index (χ1v) is 7.60. The number of hydrogen-bond donors (Lipinski definition) is 2. The van der Waals surface area contributed by atoms with Crippen molar-refractivity contribution in [1.82, 2.24) is 10.6 Å². The number of nitrogens with one attached hydrogen (secondary N) is 2. The van der Waals surface area contributed by atoms with Crippen molar-refractivity contribution in [2.24, 2.45) is 0 Å². The Morgan fingerprint density at radius 1 is 1.09 bits per heavy atom. The molecule has 0 fully saturated rings. The van der Waals surface area contributed by atoms with Gasteiger partial charge in [0.1, 0.15) is 6.54 Å². The molecule has 1 heterocycles. The zero-order valence-corrected chi connectivity index (χ0v) is 13.5. The average Bonchev–Trinajstić information content (AvgIpc) is 2.78. The highest BCUT2D eigenvalue weighted by molar-refractivity contribution is 7.12. The molecule has 1 aromatic rings. The van der Waals surface area contributed by atoms with Crippen LogP contribution < -0.4 is 10.6 Å². The molecule has 0 saturated carbocycles. The number of amides is 2. The first-order valence-electron chi connectivity index (χ1n) is 6.79. The number of thiophene rings is 1. The third kappa shape index (κ3) is 7.27. The van der Waals surface area contributed by atoms with Crippen LogP contribution in [-0.4, -0.2) is 36.9 Å². The van der Waals surface area contributed by atoms with Gasteiger partial charge in [0.2, 0.25) is 11.8 Å². The van der Waals surface area contributed by atoms with Crippen molar-refractivity contribution >= 4 is 28.9 Å². The minimum atomic E-state index is -4.50. The first kappa shape index (κ1) is 19.1. The zero-order valence-electron chi connectivity index (χ0n) is 12.7. The van der Waals surface area contributed by atoms with Gasteiger partial charge < -0.3 is 10.6 Å². The van der Waals surface area contributed by atoms with Crippen LogP contribution in [0.15, 0.2) is 6.07 Å². The molecule has 0 aliphatic rings. The second kappa shape index (κ2) is 8.09. The summed E-state index contributed by atoms with van der Waals surface area (Å²) in [6.07, 6.45) is -4.64. The quantitative estimate of drug-likeness (QED) is 0.740. The summed E-state index contributed by atoms with van der Waals surface area (Å²) in [5.74, 6) is -1.68. The number of carbonyl (C=O) groups excluding carboxylic acids is 3. The molecule has 1 aromatic heterocycles. The molecule has 9 heteroatoms. The highest BCUT2D eigenvalue weighted by atomic mass is 32.1. The van der Waals surface area contributed by atoms with Gasteiger partial charge >= 0.3 is 6.18 Å². The first-order chi connectivity index (χ1) is 10.6. The number of halogens is 3. The van der Waals surface area contributed by atoms with Gasteiger partial charge in [-0.1, -0.05) is 0 Å². The van der Waals surface area contributed by atoms with Crippen molar-refractivity contribution in [2.45, 2.75) is 32.9 Å². The molecule has 128 valence electrons.